The number of hydrogen-bond acceptors (Lipinski definition) is 2. The van der Waals surface area contributed by atoms with E-state index < -0.39 is 0 Å². The van der Waals surface area contributed by atoms with Gasteiger partial charge in [0.2, 0.25) is 0 Å². The summed E-state index contributed by atoms with van der Waals surface area (Å²) in [6.45, 7) is 5.21. The fourth-order valence-electron chi connectivity index (χ4n) is 3.13. The Labute approximate surface area is 115 Å². The van der Waals surface area contributed by atoms with E-state index in [2.05, 4.69) is 11.0 Å². The molecule has 1 saturated heterocycles. The summed E-state index contributed by atoms with van der Waals surface area (Å²) in [6, 6.07) is 8.03. The lowest BCUT2D eigenvalue weighted by Crippen LogP contribution is -2.43. The van der Waals surface area contributed by atoms with Gasteiger partial charge in [0.1, 0.15) is 0 Å². The molecule has 0 bridgehead atoms. The first-order valence-corrected chi connectivity index (χ1v) is 7.44. The van der Waals surface area contributed by atoms with E-state index in [1.54, 1.807) is 0 Å². The lowest BCUT2D eigenvalue weighted by molar-refractivity contribution is 0.0713. The Morgan fingerprint density at radius 2 is 1.74 bits per heavy atom. The van der Waals surface area contributed by atoms with Gasteiger partial charge in [-0.25, -0.2) is 0 Å². The molecule has 0 unspecified atom stereocenters. The molecular formula is C16H22N2O. The van der Waals surface area contributed by atoms with Gasteiger partial charge in [0, 0.05) is 25.2 Å². The van der Waals surface area contributed by atoms with Crippen LogP contribution in [0.15, 0.2) is 24.3 Å². The minimum absolute atomic E-state index is 0.221. The van der Waals surface area contributed by atoms with Crippen LogP contribution in [-0.4, -0.2) is 48.4 Å². The van der Waals surface area contributed by atoms with Crippen molar-refractivity contribution in [1.29, 1.82) is 0 Å². The molecule has 0 aliphatic carbocycles. The van der Waals surface area contributed by atoms with Crippen molar-refractivity contribution in [3.05, 3.63) is 35.4 Å². The predicted octanol–water partition coefficient (Wildman–Crippen LogP) is 2.17. The Balaban J connectivity index is 1.59. The summed E-state index contributed by atoms with van der Waals surface area (Å²) in [4.78, 5) is 16.9. The van der Waals surface area contributed by atoms with E-state index in [1.807, 2.05) is 23.1 Å². The van der Waals surface area contributed by atoms with Crippen LogP contribution >= 0.6 is 0 Å². The van der Waals surface area contributed by atoms with Gasteiger partial charge in [-0.1, -0.05) is 24.6 Å². The van der Waals surface area contributed by atoms with Crippen LogP contribution in [-0.2, 0) is 6.42 Å². The number of amides is 1. The van der Waals surface area contributed by atoms with Crippen molar-refractivity contribution in [2.24, 2.45) is 0 Å². The molecule has 2 aliphatic rings. The molecule has 2 aliphatic heterocycles. The van der Waals surface area contributed by atoms with Crippen molar-refractivity contribution in [2.75, 3.05) is 32.7 Å². The Morgan fingerprint density at radius 3 is 2.58 bits per heavy atom. The molecule has 102 valence electrons. The Hall–Kier alpha value is -1.35. The summed E-state index contributed by atoms with van der Waals surface area (Å²) in [5, 5.41) is 0. The molecule has 3 rings (SSSR count). The van der Waals surface area contributed by atoms with E-state index in [0.717, 1.165) is 31.6 Å². The van der Waals surface area contributed by atoms with Gasteiger partial charge in [0.05, 0.1) is 0 Å². The highest BCUT2D eigenvalue weighted by atomic mass is 16.2. The predicted molar refractivity (Wildman–Crippen MR) is 76.3 cm³/mol. The number of fused-ring (bicyclic) bond motifs is 1. The minimum atomic E-state index is 0.221. The topological polar surface area (TPSA) is 23.6 Å². The van der Waals surface area contributed by atoms with Gasteiger partial charge in [-0.15, -0.1) is 0 Å². The van der Waals surface area contributed by atoms with Crippen LogP contribution in [0.5, 0.6) is 0 Å². The van der Waals surface area contributed by atoms with Gasteiger partial charge in [0.15, 0.2) is 0 Å². The largest absolute Gasteiger partial charge is 0.337 e. The van der Waals surface area contributed by atoms with Crippen molar-refractivity contribution in [2.45, 2.75) is 25.7 Å². The molecular weight excluding hydrogens is 236 g/mol. The lowest BCUT2D eigenvalue weighted by atomic mass is 9.99. The van der Waals surface area contributed by atoms with E-state index in [0.29, 0.717) is 0 Å². The zero-order chi connectivity index (χ0) is 13.1. The maximum absolute atomic E-state index is 12.4. The smallest absolute Gasteiger partial charge is 0.254 e. The third-order valence-corrected chi connectivity index (χ3v) is 4.32. The van der Waals surface area contributed by atoms with Crippen molar-refractivity contribution in [1.82, 2.24) is 9.80 Å². The van der Waals surface area contributed by atoms with Gasteiger partial charge in [-0.05, 0) is 44.0 Å². The molecule has 0 radical (unpaired) electrons. The SMILES string of the molecule is O=C1c2ccccc2CCN1CCN1CCCCC1. The number of benzene rings is 1. The van der Waals surface area contributed by atoms with E-state index in [9.17, 15) is 4.79 Å². The van der Waals surface area contributed by atoms with E-state index in [1.165, 1.54) is 37.9 Å². The number of nitrogens with zero attached hydrogens (tertiary/aromatic N) is 2. The summed E-state index contributed by atoms with van der Waals surface area (Å²) in [7, 11) is 0. The van der Waals surface area contributed by atoms with Crippen LogP contribution in [0, 0.1) is 0 Å². The van der Waals surface area contributed by atoms with Crippen molar-refractivity contribution in [3.8, 4) is 0 Å². The van der Waals surface area contributed by atoms with E-state index in [4.69, 9.17) is 0 Å². The van der Waals surface area contributed by atoms with Crippen molar-refractivity contribution in [3.63, 3.8) is 0 Å². The van der Waals surface area contributed by atoms with Gasteiger partial charge >= 0.3 is 0 Å². The summed E-state index contributed by atoms with van der Waals surface area (Å²) in [6.07, 6.45) is 5.00. The van der Waals surface area contributed by atoms with Crippen LogP contribution in [0.2, 0.25) is 0 Å². The Bertz CT molecular complexity index is 452. The molecule has 1 fully saturated rings. The average Bonchev–Trinajstić information content (AvgIpc) is 2.48. The number of carbonyl (C=O) groups excluding carboxylic acids is 1. The molecule has 3 nitrogen and oxygen atoms in total. The molecule has 1 amide bonds. The molecule has 0 aromatic heterocycles. The number of carbonyl (C=O) groups is 1. The van der Waals surface area contributed by atoms with Gasteiger partial charge in [-0.2, -0.15) is 0 Å². The molecule has 0 saturated carbocycles. The van der Waals surface area contributed by atoms with Crippen LogP contribution in [0.3, 0.4) is 0 Å². The van der Waals surface area contributed by atoms with Crippen molar-refractivity contribution >= 4 is 5.91 Å². The molecule has 1 aromatic carbocycles. The molecule has 0 atom stereocenters. The third kappa shape index (κ3) is 2.81. The summed E-state index contributed by atoms with van der Waals surface area (Å²) >= 11 is 0. The molecule has 1 aromatic rings. The first-order chi connectivity index (χ1) is 9.34. The first-order valence-electron chi connectivity index (χ1n) is 7.44. The normalized spacial score (nSPS) is 20.4. The molecule has 0 spiro atoms. The Kier molecular flexibility index (Phi) is 3.83. The quantitative estimate of drug-likeness (QED) is 0.829. The molecule has 0 N–H and O–H groups in total. The number of piperidine rings is 1. The fourth-order valence-corrected chi connectivity index (χ4v) is 3.13. The van der Waals surface area contributed by atoms with E-state index >= 15 is 0 Å². The van der Waals surface area contributed by atoms with Crippen LogP contribution < -0.4 is 0 Å². The second kappa shape index (κ2) is 5.74. The number of rotatable bonds is 3. The zero-order valence-electron chi connectivity index (χ0n) is 11.5. The maximum atomic E-state index is 12.4. The molecule has 2 heterocycles. The standard InChI is InChI=1S/C16H22N2O/c19-16-15-7-3-2-6-14(15)8-11-18(16)13-12-17-9-4-1-5-10-17/h2-3,6-7H,1,4-5,8-13H2. The number of hydrogen-bond donors (Lipinski definition) is 0. The number of likely N-dealkylation sites (tertiary alicyclic amines) is 1. The van der Waals surface area contributed by atoms with Crippen molar-refractivity contribution < 1.29 is 4.79 Å². The lowest BCUT2D eigenvalue weighted by Gasteiger charge is -2.32. The maximum Gasteiger partial charge on any atom is 0.254 e. The summed E-state index contributed by atoms with van der Waals surface area (Å²) in [5.74, 6) is 0.221. The van der Waals surface area contributed by atoms with Gasteiger partial charge in [0.25, 0.3) is 5.91 Å². The second-order valence-electron chi connectivity index (χ2n) is 5.60. The summed E-state index contributed by atoms with van der Waals surface area (Å²) in [5.41, 5.74) is 2.12. The van der Waals surface area contributed by atoms with Crippen LogP contribution in [0.4, 0.5) is 0 Å². The molecule has 19 heavy (non-hydrogen) atoms. The van der Waals surface area contributed by atoms with Gasteiger partial charge < -0.3 is 9.80 Å². The second-order valence-corrected chi connectivity index (χ2v) is 5.60. The minimum Gasteiger partial charge on any atom is -0.337 e. The highest BCUT2D eigenvalue weighted by molar-refractivity contribution is 5.96. The van der Waals surface area contributed by atoms with E-state index in [-0.39, 0.29) is 5.91 Å². The highest BCUT2D eigenvalue weighted by Crippen LogP contribution is 2.18. The van der Waals surface area contributed by atoms with Crippen LogP contribution in [0.25, 0.3) is 0 Å². The Morgan fingerprint density at radius 1 is 0.947 bits per heavy atom. The van der Waals surface area contributed by atoms with Crippen LogP contribution in [0.1, 0.15) is 35.2 Å². The van der Waals surface area contributed by atoms with Gasteiger partial charge in [-0.3, -0.25) is 4.79 Å². The third-order valence-electron chi connectivity index (χ3n) is 4.32. The monoisotopic (exact) mass is 258 g/mol. The molecule has 3 heteroatoms. The first kappa shape index (κ1) is 12.7. The average molecular weight is 258 g/mol. The highest BCUT2D eigenvalue weighted by Gasteiger charge is 2.24. The zero-order valence-corrected chi connectivity index (χ0v) is 11.5. The fraction of sp³-hybridized carbons (Fsp3) is 0.562. The summed E-state index contributed by atoms with van der Waals surface area (Å²) < 4.78 is 0.